The molecule has 5 heteroatoms. The molecule has 1 heterocycles. The minimum Gasteiger partial charge on any atom is -0.489 e. The Kier molecular flexibility index (Phi) is 5.83. The van der Waals surface area contributed by atoms with Crippen LogP contribution in [0.3, 0.4) is 0 Å². The summed E-state index contributed by atoms with van der Waals surface area (Å²) in [5, 5.41) is 6.97. The van der Waals surface area contributed by atoms with Crippen LogP contribution in [0.1, 0.15) is 57.0 Å². The summed E-state index contributed by atoms with van der Waals surface area (Å²) in [6.07, 6.45) is 0. The van der Waals surface area contributed by atoms with Crippen molar-refractivity contribution in [1.82, 2.24) is 10.5 Å². The number of carbonyl (C=O) groups is 1. The summed E-state index contributed by atoms with van der Waals surface area (Å²) >= 11 is 0. The Morgan fingerprint density at radius 2 is 1.75 bits per heavy atom. The maximum atomic E-state index is 12.8. The van der Waals surface area contributed by atoms with Gasteiger partial charge in [0, 0.05) is 0 Å². The number of hydrogen-bond acceptors (Lipinski definition) is 4. The molecular weight excluding hydrogens is 352 g/mol. The van der Waals surface area contributed by atoms with Crippen molar-refractivity contribution in [3.63, 3.8) is 0 Å². The predicted octanol–water partition coefficient (Wildman–Crippen LogP) is 4.98. The Balaban J connectivity index is 1.72. The first kappa shape index (κ1) is 19.7. The van der Waals surface area contributed by atoms with Crippen molar-refractivity contribution in [2.24, 2.45) is 0 Å². The smallest absolute Gasteiger partial charge is 0.274 e. The number of hydrogen-bond donors (Lipinski definition) is 1. The molecule has 28 heavy (non-hydrogen) atoms. The van der Waals surface area contributed by atoms with E-state index in [4.69, 9.17) is 9.26 Å². The Morgan fingerprint density at radius 1 is 1.07 bits per heavy atom. The molecule has 5 nitrogen and oxygen atoms in total. The van der Waals surface area contributed by atoms with Gasteiger partial charge in [-0.2, -0.15) is 0 Å². The molecular formula is C23H26N2O3. The van der Waals surface area contributed by atoms with Crippen LogP contribution in [0, 0.1) is 27.7 Å². The number of nitrogens with zero attached hydrogens (tertiary/aromatic N) is 1. The van der Waals surface area contributed by atoms with Gasteiger partial charge in [-0.05, 0) is 57.9 Å². The van der Waals surface area contributed by atoms with Gasteiger partial charge in [-0.1, -0.05) is 46.6 Å². The van der Waals surface area contributed by atoms with Crippen LogP contribution in [0.2, 0.25) is 0 Å². The summed E-state index contributed by atoms with van der Waals surface area (Å²) in [6, 6.07) is 13.8. The lowest BCUT2D eigenvalue weighted by molar-refractivity contribution is 0.0928. The van der Waals surface area contributed by atoms with Crippen molar-refractivity contribution in [2.45, 2.75) is 47.3 Å². The Morgan fingerprint density at radius 3 is 2.43 bits per heavy atom. The van der Waals surface area contributed by atoms with Gasteiger partial charge in [0.25, 0.3) is 5.91 Å². The maximum absolute atomic E-state index is 12.8. The molecule has 0 bridgehead atoms. The highest BCUT2D eigenvalue weighted by Gasteiger charge is 2.22. The Bertz CT molecular complexity index is 974. The lowest BCUT2D eigenvalue weighted by Crippen LogP contribution is -2.28. The SMILES string of the molecule is Cc1ccc(OCc2c(C(=O)NC(C)c3ccc(C)cc3C)noc2C)cc1. The van der Waals surface area contributed by atoms with Gasteiger partial charge in [-0.3, -0.25) is 4.79 Å². The zero-order chi connectivity index (χ0) is 20.3. The quantitative estimate of drug-likeness (QED) is 0.657. The van der Waals surface area contributed by atoms with Crippen LogP contribution in [0.25, 0.3) is 0 Å². The molecule has 3 aromatic rings. The topological polar surface area (TPSA) is 64.4 Å². The first-order valence-corrected chi connectivity index (χ1v) is 9.37. The summed E-state index contributed by atoms with van der Waals surface area (Å²) in [5.41, 5.74) is 5.51. The third-order valence-electron chi connectivity index (χ3n) is 4.84. The molecule has 0 radical (unpaired) electrons. The molecule has 0 aliphatic carbocycles. The Labute approximate surface area is 165 Å². The van der Waals surface area contributed by atoms with Crippen LogP contribution < -0.4 is 10.1 Å². The van der Waals surface area contributed by atoms with E-state index in [1.165, 1.54) is 5.56 Å². The highest BCUT2D eigenvalue weighted by Crippen LogP contribution is 2.21. The molecule has 2 aromatic carbocycles. The number of ether oxygens (including phenoxy) is 1. The third-order valence-corrected chi connectivity index (χ3v) is 4.84. The monoisotopic (exact) mass is 378 g/mol. The van der Waals surface area contributed by atoms with Crippen molar-refractivity contribution in [2.75, 3.05) is 0 Å². The highest BCUT2D eigenvalue weighted by molar-refractivity contribution is 5.94. The van der Waals surface area contributed by atoms with Gasteiger partial charge < -0.3 is 14.6 Å². The number of nitrogens with one attached hydrogen (secondary N) is 1. The molecule has 1 aromatic heterocycles. The van der Waals surface area contributed by atoms with Crippen molar-refractivity contribution in [3.05, 3.63) is 81.7 Å². The second-order valence-electron chi connectivity index (χ2n) is 7.22. The number of rotatable bonds is 6. The van der Waals surface area contributed by atoms with Crippen molar-refractivity contribution in [3.8, 4) is 5.75 Å². The van der Waals surface area contributed by atoms with Crippen molar-refractivity contribution in [1.29, 1.82) is 0 Å². The molecule has 0 saturated carbocycles. The number of aromatic nitrogens is 1. The van der Waals surface area contributed by atoms with E-state index in [2.05, 4.69) is 23.5 Å². The number of carbonyl (C=O) groups excluding carboxylic acids is 1. The lowest BCUT2D eigenvalue weighted by Gasteiger charge is -2.17. The van der Waals surface area contributed by atoms with E-state index in [0.717, 1.165) is 22.4 Å². The largest absolute Gasteiger partial charge is 0.489 e. The summed E-state index contributed by atoms with van der Waals surface area (Å²) in [7, 11) is 0. The highest BCUT2D eigenvalue weighted by atomic mass is 16.5. The van der Waals surface area contributed by atoms with Crippen LogP contribution in [0.15, 0.2) is 47.0 Å². The van der Waals surface area contributed by atoms with Crippen molar-refractivity contribution < 1.29 is 14.1 Å². The summed E-state index contributed by atoms with van der Waals surface area (Å²) in [5.74, 6) is 1.05. The van der Waals surface area contributed by atoms with Gasteiger partial charge in [0.1, 0.15) is 18.1 Å². The van der Waals surface area contributed by atoms with Crippen LogP contribution in [-0.4, -0.2) is 11.1 Å². The van der Waals surface area contributed by atoms with Crippen LogP contribution >= 0.6 is 0 Å². The normalized spacial score (nSPS) is 11.9. The number of benzene rings is 2. The van der Waals surface area contributed by atoms with Gasteiger partial charge in [0.2, 0.25) is 0 Å². The van der Waals surface area contributed by atoms with Gasteiger partial charge in [-0.25, -0.2) is 0 Å². The fourth-order valence-corrected chi connectivity index (χ4v) is 3.18. The summed E-state index contributed by atoms with van der Waals surface area (Å²) in [6.45, 7) is 10.1. The second-order valence-corrected chi connectivity index (χ2v) is 7.22. The van der Waals surface area contributed by atoms with E-state index in [0.29, 0.717) is 11.3 Å². The molecule has 1 unspecified atom stereocenters. The average molecular weight is 378 g/mol. The first-order valence-electron chi connectivity index (χ1n) is 9.37. The number of amides is 1. The van der Waals surface area contributed by atoms with Gasteiger partial charge in [-0.15, -0.1) is 0 Å². The molecule has 1 N–H and O–H groups in total. The summed E-state index contributed by atoms with van der Waals surface area (Å²) in [4.78, 5) is 12.8. The van der Waals surface area contributed by atoms with Crippen molar-refractivity contribution >= 4 is 5.91 Å². The minimum atomic E-state index is -0.271. The molecule has 0 spiro atoms. The molecule has 0 aliphatic heterocycles. The standard InChI is InChI=1S/C23H26N2O3/c1-14-6-9-19(10-7-14)27-13-21-18(5)28-25-22(21)23(26)24-17(4)20-11-8-15(2)12-16(20)3/h6-12,17H,13H2,1-5H3,(H,24,26). The molecule has 1 amide bonds. The molecule has 1 atom stereocenters. The van der Waals surface area contributed by atoms with Gasteiger partial charge >= 0.3 is 0 Å². The Hall–Kier alpha value is -3.08. The lowest BCUT2D eigenvalue weighted by atomic mass is 10.00. The average Bonchev–Trinajstić information content (AvgIpc) is 3.02. The van der Waals surface area contributed by atoms with E-state index in [9.17, 15) is 4.79 Å². The molecule has 146 valence electrons. The van der Waals surface area contributed by atoms with E-state index in [-0.39, 0.29) is 24.2 Å². The fourth-order valence-electron chi connectivity index (χ4n) is 3.18. The van der Waals surface area contributed by atoms with E-state index in [1.54, 1.807) is 6.92 Å². The number of aryl methyl sites for hydroxylation is 4. The van der Waals surface area contributed by atoms with Gasteiger partial charge in [0.15, 0.2) is 5.69 Å². The predicted molar refractivity (Wildman–Crippen MR) is 109 cm³/mol. The molecule has 0 aliphatic rings. The van der Waals surface area contributed by atoms with Crippen LogP contribution in [-0.2, 0) is 6.61 Å². The molecule has 0 fully saturated rings. The van der Waals surface area contributed by atoms with Crippen LogP contribution in [0.4, 0.5) is 0 Å². The molecule has 3 rings (SSSR count). The van der Waals surface area contributed by atoms with E-state index in [1.807, 2.05) is 57.2 Å². The summed E-state index contributed by atoms with van der Waals surface area (Å²) < 4.78 is 11.1. The molecule has 0 saturated heterocycles. The van der Waals surface area contributed by atoms with E-state index >= 15 is 0 Å². The third kappa shape index (κ3) is 4.42. The fraction of sp³-hybridized carbons (Fsp3) is 0.304. The second kappa shape index (κ2) is 8.30. The first-order chi connectivity index (χ1) is 13.3. The zero-order valence-electron chi connectivity index (χ0n) is 17.0. The zero-order valence-corrected chi connectivity index (χ0v) is 17.0. The minimum absolute atomic E-state index is 0.143. The maximum Gasteiger partial charge on any atom is 0.274 e. The van der Waals surface area contributed by atoms with Gasteiger partial charge in [0.05, 0.1) is 11.6 Å². The van der Waals surface area contributed by atoms with E-state index < -0.39 is 0 Å². The van der Waals surface area contributed by atoms with Crippen LogP contribution in [0.5, 0.6) is 5.75 Å².